The van der Waals surface area contributed by atoms with Crippen molar-refractivity contribution in [3.63, 3.8) is 0 Å². The Morgan fingerprint density at radius 1 is 1.08 bits per heavy atom. The molecule has 3 aliphatic rings. The molecule has 3 saturated carbocycles. The number of halogens is 4. The first-order valence-corrected chi connectivity index (χ1v) is 3.69. The zero-order chi connectivity index (χ0) is 8.33. The second kappa shape index (κ2) is 2.95. The van der Waals surface area contributed by atoms with Crippen LogP contribution < -0.4 is 51.4 Å². The number of alkyl halides is 1. The Balaban J connectivity index is 0.000000720. The summed E-state index contributed by atoms with van der Waals surface area (Å²) in [5.41, 5.74) is -0.544. The molecule has 3 rings (SSSR count). The van der Waals surface area contributed by atoms with Gasteiger partial charge in [-0.25, -0.2) is 0 Å². The minimum Gasteiger partial charge on any atom is -0.449 e. The fourth-order valence-electron chi connectivity index (χ4n) is 2.57. The molecule has 3 aliphatic carbocycles. The van der Waals surface area contributed by atoms with Crippen LogP contribution in [0.5, 0.6) is 0 Å². The van der Waals surface area contributed by atoms with E-state index in [0.29, 0.717) is 0 Å². The van der Waals surface area contributed by atoms with Gasteiger partial charge in [-0.3, -0.25) is 4.39 Å². The first-order chi connectivity index (χ1) is 4.93. The molecule has 0 aromatic rings. The van der Waals surface area contributed by atoms with Crippen molar-refractivity contribution in [3.8, 4) is 0 Å². The van der Waals surface area contributed by atoms with E-state index >= 15 is 0 Å². The minimum atomic E-state index is -4.71. The summed E-state index contributed by atoms with van der Waals surface area (Å²) in [6, 6.07) is 0. The van der Waals surface area contributed by atoms with Gasteiger partial charge >= 0.3 is 58.4 Å². The van der Waals surface area contributed by atoms with E-state index in [0.717, 1.165) is 0 Å². The van der Waals surface area contributed by atoms with Crippen molar-refractivity contribution >= 4 is 6.98 Å². The molecular formula is C6H8BF4K. The van der Waals surface area contributed by atoms with Crippen molar-refractivity contribution in [1.29, 1.82) is 0 Å². The monoisotopic (exact) mass is 206 g/mol. The van der Waals surface area contributed by atoms with E-state index in [1.807, 2.05) is 0 Å². The Bertz CT molecular complexity index is 182. The molecule has 0 aromatic heterocycles. The molecule has 0 aromatic carbocycles. The third-order valence-corrected chi connectivity index (χ3v) is 3.16. The first kappa shape index (κ1) is 11.5. The van der Waals surface area contributed by atoms with Gasteiger partial charge in [0.25, 0.3) is 0 Å². The summed E-state index contributed by atoms with van der Waals surface area (Å²) in [5, 5.41) is -1.41. The van der Waals surface area contributed by atoms with E-state index in [4.69, 9.17) is 0 Å². The molecule has 0 unspecified atom stereocenters. The van der Waals surface area contributed by atoms with Crippen LogP contribution in [0.2, 0.25) is 5.31 Å². The van der Waals surface area contributed by atoms with Crippen LogP contribution in [-0.4, -0.2) is 13.7 Å². The zero-order valence-electron chi connectivity index (χ0n) is 6.92. The van der Waals surface area contributed by atoms with E-state index in [1.165, 1.54) is 0 Å². The van der Waals surface area contributed by atoms with Crippen molar-refractivity contribution in [1.82, 2.24) is 0 Å². The summed E-state index contributed by atoms with van der Waals surface area (Å²) >= 11 is 0. The molecule has 0 nitrogen and oxygen atoms in total. The fraction of sp³-hybridized carbons (Fsp3) is 1.00. The first-order valence-electron chi connectivity index (χ1n) is 3.69. The van der Waals surface area contributed by atoms with E-state index < -0.39 is 24.4 Å². The van der Waals surface area contributed by atoms with Crippen LogP contribution in [-0.2, 0) is 0 Å². The van der Waals surface area contributed by atoms with E-state index in [2.05, 4.69) is 0 Å². The number of hydrogen-bond acceptors (Lipinski definition) is 0. The molecule has 0 atom stereocenters. The molecule has 12 heavy (non-hydrogen) atoms. The topological polar surface area (TPSA) is 0 Å². The molecule has 2 bridgehead atoms. The summed E-state index contributed by atoms with van der Waals surface area (Å²) < 4.78 is 48.6. The average Bonchev–Trinajstić information content (AvgIpc) is 1.53. The number of rotatable bonds is 2. The third kappa shape index (κ3) is 1.26. The molecule has 0 spiro atoms. The molecule has 64 valence electrons. The van der Waals surface area contributed by atoms with Gasteiger partial charge in [0.2, 0.25) is 0 Å². The maximum absolute atomic E-state index is 12.2. The van der Waals surface area contributed by atoms with Gasteiger partial charge in [-0.2, -0.15) is 0 Å². The molecule has 0 aliphatic heterocycles. The van der Waals surface area contributed by atoms with E-state index in [-0.39, 0.29) is 70.6 Å². The van der Waals surface area contributed by atoms with Crippen molar-refractivity contribution in [2.24, 2.45) is 5.41 Å². The van der Waals surface area contributed by atoms with Crippen LogP contribution >= 0.6 is 0 Å². The maximum atomic E-state index is 12.2. The summed E-state index contributed by atoms with van der Waals surface area (Å²) in [5.74, 6) is 0. The van der Waals surface area contributed by atoms with Crippen LogP contribution in [0.15, 0.2) is 0 Å². The standard InChI is InChI=1S/C6H8BF4.K/c8-4-5-1-6(2-5,3-5)7(9,10)11;/h1-4H2;/q-1;+1. The van der Waals surface area contributed by atoms with Crippen molar-refractivity contribution in [2.45, 2.75) is 24.6 Å². The Kier molecular flexibility index (Phi) is 2.83. The van der Waals surface area contributed by atoms with E-state index in [9.17, 15) is 17.3 Å². The molecule has 6 heteroatoms. The molecule has 0 radical (unpaired) electrons. The fourth-order valence-corrected chi connectivity index (χ4v) is 2.57. The second-order valence-corrected chi connectivity index (χ2v) is 4.10. The quantitative estimate of drug-likeness (QED) is 0.431. The predicted molar refractivity (Wildman–Crippen MR) is 34.0 cm³/mol. The van der Waals surface area contributed by atoms with Gasteiger partial charge in [0.15, 0.2) is 0 Å². The maximum Gasteiger partial charge on any atom is 1.00 e. The Morgan fingerprint density at radius 3 is 1.75 bits per heavy atom. The summed E-state index contributed by atoms with van der Waals surface area (Å²) in [6.07, 6.45) is 0.167. The van der Waals surface area contributed by atoms with Crippen LogP contribution in [0.1, 0.15) is 19.3 Å². The van der Waals surface area contributed by atoms with Gasteiger partial charge in [0, 0.05) is 0 Å². The Labute approximate surface area is 111 Å². The number of hydrogen-bond donors (Lipinski definition) is 0. The Hall–Kier alpha value is 1.42. The van der Waals surface area contributed by atoms with Gasteiger partial charge in [0.1, 0.15) is 0 Å². The minimum absolute atomic E-state index is 0. The summed E-state index contributed by atoms with van der Waals surface area (Å²) in [4.78, 5) is 0. The van der Waals surface area contributed by atoms with Crippen molar-refractivity contribution < 1.29 is 68.7 Å². The summed E-state index contributed by atoms with van der Waals surface area (Å²) in [6.45, 7) is -5.28. The van der Waals surface area contributed by atoms with Gasteiger partial charge in [0.05, 0.1) is 6.67 Å². The molecule has 0 saturated heterocycles. The Morgan fingerprint density at radius 2 is 1.50 bits per heavy atom. The molecule has 3 fully saturated rings. The third-order valence-electron chi connectivity index (χ3n) is 3.16. The van der Waals surface area contributed by atoms with Crippen LogP contribution in [0.3, 0.4) is 0 Å². The van der Waals surface area contributed by atoms with Gasteiger partial charge in [-0.1, -0.05) is 24.6 Å². The van der Waals surface area contributed by atoms with Crippen LogP contribution in [0, 0.1) is 5.41 Å². The molecule has 0 heterocycles. The normalized spacial score (nSPS) is 44.0. The van der Waals surface area contributed by atoms with Gasteiger partial charge in [-0.05, 0) is 5.41 Å². The average molecular weight is 206 g/mol. The SMILES string of the molecule is FCC12CC([B-](F)(F)F)(C1)C2.[K+]. The molecular weight excluding hydrogens is 198 g/mol. The van der Waals surface area contributed by atoms with Crippen LogP contribution in [0.4, 0.5) is 17.3 Å². The predicted octanol–water partition coefficient (Wildman–Crippen LogP) is -0.268. The van der Waals surface area contributed by atoms with Gasteiger partial charge in [-0.15, -0.1) is 0 Å². The van der Waals surface area contributed by atoms with Crippen molar-refractivity contribution in [3.05, 3.63) is 0 Å². The van der Waals surface area contributed by atoms with Crippen molar-refractivity contribution in [2.75, 3.05) is 6.67 Å². The summed E-state index contributed by atoms with van der Waals surface area (Å²) in [7, 11) is 0. The largest absolute Gasteiger partial charge is 1.00 e. The van der Waals surface area contributed by atoms with Crippen LogP contribution in [0.25, 0.3) is 0 Å². The molecule has 0 amide bonds. The molecule has 0 N–H and O–H groups in total. The smallest absolute Gasteiger partial charge is 0.449 e. The van der Waals surface area contributed by atoms with E-state index in [1.54, 1.807) is 0 Å². The zero-order valence-corrected chi connectivity index (χ0v) is 10.0. The van der Waals surface area contributed by atoms with Gasteiger partial charge < -0.3 is 12.9 Å². The second-order valence-electron chi connectivity index (χ2n) is 4.10.